The van der Waals surface area contributed by atoms with E-state index < -0.39 is 4.87 Å². The third kappa shape index (κ3) is 1.96. The molecule has 2 aliphatic rings. The first-order chi connectivity index (χ1) is 11.7. The van der Waals surface area contributed by atoms with Gasteiger partial charge in [-0.15, -0.1) is 11.8 Å². The highest BCUT2D eigenvalue weighted by Gasteiger charge is 2.61. The molecule has 2 fully saturated rings. The molecule has 0 spiro atoms. The lowest BCUT2D eigenvalue weighted by atomic mass is 10.1. The van der Waals surface area contributed by atoms with Gasteiger partial charge in [0.2, 0.25) is 0 Å². The van der Waals surface area contributed by atoms with Gasteiger partial charge < -0.3 is 4.74 Å². The van der Waals surface area contributed by atoms with Crippen molar-refractivity contribution in [3.8, 4) is 5.75 Å². The van der Waals surface area contributed by atoms with E-state index in [4.69, 9.17) is 4.74 Å². The van der Waals surface area contributed by atoms with Crippen LogP contribution in [0.4, 0.5) is 10.5 Å². The van der Waals surface area contributed by atoms with E-state index in [9.17, 15) is 9.59 Å². The highest BCUT2D eigenvalue weighted by Crippen LogP contribution is 2.51. The highest BCUT2D eigenvalue weighted by molar-refractivity contribution is 8.01. The van der Waals surface area contributed by atoms with Gasteiger partial charge >= 0.3 is 6.03 Å². The molecule has 24 heavy (non-hydrogen) atoms. The molecule has 2 aliphatic heterocycles. The van der Waals surface area contributed by atoms with Crippen LogP contribution in [0.5, 0.6) is 5.75 Å². The second-order valence-electron chi connectivity index (χ2n) is 5.63. The molecule has 0 N–H and O–H groups in total. The molecule has 0 saturated carbocycles. The first-order valence-corrected chi connectivity index (χ1v) is 8.67. The Labute approximate surface area is 144 Å². The van der Waals surface area contributed by atoms with Gasteiger partial charge in [-0.25, -0.2) is 9.69 Å². The lowest BCUT2D eigenvalue weighted by molar-refractivity contribution is -0.121. The molecular weight excluding hydrogens is 324 g/mol. The summed E-state index contributed by atoms with van der Waals surface area (Å²) in [4.78, 5) is 28.2. The van der Waals surface area contributed by atoms with E-state index in [0.717, 1.165) is 11.3 Å². The van der Waals surface area contributed by atoms with Gasteiger partial charge in [-0.05, 0) is 29.8 Å². The summed E-state index contributed by atoms with van der Waals surface area (Å²) in [6.45, 7) is 0.566. The summed E-state index contributed by atoms with van der Waals surface area (Å²) >= 11 is 1.52. The molecule has 4 rings (SSSR count). The van der Waals surface area contributed by atoms with Crippen LogP contribution in [0, 0.1) is 0 Å². The summed E-state index contributed by atoms with van der Waals surface area (Å²) in [6, 6.07) is 16.2. The van der Waals surface area contributed by atoms with Crippen LogP contribution >= 0.6 is 11.8 Å². The van der Waals surface area contributed by atoms with Gasteiger partial charge in [0.15, 0.2) is 4.87 Å². The molecule has 1 unspecified atom stereocenters. The molecule has 2 heterocycles. The highest BCUT2D eigenvalue weighted by atomic mass is 32.2. The van der Waals surface area contributed by atoms with Crippen LogP contribution in [0.2, 0.25) is 0 Å². The maximum atomic E-state index is 13.3. The summed E-state index contributed by atoms with van der Waals surface area (Å²) in [5.41, 5.74) is 1.41. The topological polar surface area (TPSA) is 49.9 Å². The molecule has 2 aromatic rings. The Morgan fingerprint density at radius 3 is 2.42 bits per heavy atom. The number of ether oxygens (including phenoxy) is 1. The quantitative estimate of drug-likeness (QED) is 0.806. The lowest BCUT2D eigenvalue weighted by Crippen LogP contribution is -2.39. The first-order valence-electron chi connectivity index (χ1n) is 7.68. The number of carbonyl (C=O) groups excluding carboxylic acids is 2. The minimum Gasteiger partial charge on any atom is -0.497 e. The number of imide groups is 1. The Morgan fingerprint density at radius 2 is 1.75 bits per heavy atom. The van der Waals surface area contributed by atoms with Crippen LogP contribution < -0.4 is 9.64 Å². The average Bonchev–Trinajstić information content (AvgIpc) is 3.16. The van der Waals surface area contributed by atoms with Gasteiger partial charge in [0.25, 0.3) is 5.91 Å². The summed E-state index contributed by atoms with van der Waals surface area (Å²) in [5, 5.41) is 0. The Bertz CT molecular complexity index is 794. The first kappa shape index (κ1) is 15.1. The third-order valence-corrected chi connectivity index (χ3v) is 5.85. The average molecular weight is 340 g/mol. The fourth-order valence-electron chi connectivity index (χ4n) is 3.27. The van der Waals surface area contributed by atoms with E-state index in [1.807, 2.05) is 30.3 Å². The summed E-state index contributed by atoms with van der Waals surface area (Å²) in [6.07, 6.45) is 0. The van der Waals surface area contributed by atoms with Crippen LogP contribution in [0.25, 0.3) is 0 Å². The van der Waals surface area contributed by atoms with Crippen molar-refractivity contribution in [2.24, 2.45) is 0 Å². The van der Waals surface area contributed by atoms with Crippen LogP contribution in [-0.2, 0) is 9.67 Å². The van der Waals surface area contributed by atoms with Crippen molar-refractivity contribution in [1.82, 2.24) is 4.90 Å². The van der Waals surface area contributed by atoms with Crippen LogP contribution in [-0.4, -0.2) is 36.2 Å². The number of methoxy groups -OCH3 is 1. The number of rotatable bonds is 3. The molecule has 2 aromatic carbocycles. The van der Waals surface area contributed by atoms with E-state index in [0.29, 0.717) is 18.0 Å². The van der Waals surface area contributed by atoms with Crippen molar-refractivity contribution < 1.29 is 14.3 Å². The minimum atomic E-state index is -0.946. The SMILES string of the molecule is COc1ccc(N2C(=O)N3CCSC3(c3ccccc3)C2=O)cc1. The largest absolute Gasteiger partial charge is 0.497 e. The van der Waals surface area contributed by atoms with Gasteiger partial charge in [0, 0.05) is 12.3 Å². The third-order valence-electron chi connectivity index (χ3n) is 4.42. The predicted octanol–water partition coefficient (Wildman–Crippen LogP) is 3.06. The molecule has 3 amide bonds. The zero-order valence-corrected chi connectivity index (χ0v) is 14.0. The number of amides is 3. The molecule has 0 radical (unpaired) electrons. The van der Waals surface area contributed by atoms with Gasteiger partial charge in [-0.1, -0.05) is 30.3 Å². The molecule has 6 heteroatoms. The van der Waals surface area contributed by atoms with E-state index >= 15 is 0 Å². The summed E-state index contributed by atoms with van der Waals surface area (Å²) in [7, 11) is 1.58. The number of urea groups is 1. The van der Waals surface area contributed by atoms with E-state index in [1.54, 1.807) is 36.3 Å². The Hall–Kier alpha value is -2.47. The summed E-state index contributed by atoms with van der Waals surface area (Å²) in [5.74, 6) is 1.24. The monoisotopic (exact) mass is 340 g/mol. The Kier molecular flexibility index (Phi) is 3.49. The Morgan fingerprint density at radius 1 is 1.04 bits per heavy atom. The number of thioether (sulfide) groups is 1. The molecular formula is C18H16N2O3S. The molecule has 2 saturated heterocycles. The number of carbonyl (C=O) groups is 2. The molecule has 0 aliphatic carbocycles. The second-order valence-corrected chi connectivity index (χ2v) is 6.92. The van der Waals surface area contributed by atoms with Crippen LogP contribution in [0.1, 0.15) is 5.56 Å². The molecule has 5 nitrogen and oxygen atoms in total. The van der Waals surface area contributed by atoms with E-state index in [2.05, 4.69) is 0 Å². The molecule has 0 aromatic heterocycles. The smallest absolute Gasteiger partial charge is 0.333 e. The number of anilines is 1. The van der Waals surface area contributed by atoms with Crippen molar-refractivity contribution in [3.63, 3.8) is 0 Å². The predicted molar refractivity (Wildman–Crippen MR) is 93.2 cm³/mol. The van der Waals surface area contributed by atoms with Crippen LogP contribution in [0.3, 0.4) is 0 Å². The van der Waals surface area contributed by atoms with Crippen molar-refractivity contribution >= 4 is 29.4 Å². The lowest BCUT2D eigenvalue weighted by Gasteiger charge is -2.27. The van der Waals surface area contributed by atoms with E-state index in [1.165, 1.54) is 16.7 Å². The van der Waals surface area contributed by atoms with Gasteiger partial charge in [0.1, 0.15) is 5.75 Å². The van der Waals surface area contributed by atoms with Crippen LogP contribution in [0.15, 0.2) is 54.6 Å². The van der Waals surface area contributed by atoms with Crippen molar-refractivity contribution in [2.45, 2.75) is 4.87 Å². The van der Waals surface area contributed by atoms with Crippen molar-refractivity contribution in [3.05, 3.63) is 60.2 Å². The van der Waals surface area contributed by atoms with E-state index in [-0.39, 0.29) is 11.9 Å². The fourth-order valence-corrected chi connectivity index (χ4v) is 4.68. The summed E-state index contributed by atoms with van der Waals surface area (Å²) < 4.78 is 5.15. The minimum absolute atomic E-state index is 0.202. The van der Waals surface area contributed by atoms with Gasteiger partial charge in [-0.2, -0.15) is 0 Å². The van der Waals surface area contributed by atoms with Crippen molar-refractivity contribution in [2.75, 3.05) is 24.3 Å². The fraction of sp³-hybridized carbons (Fsp3) is 0.222. The number of benzene rings is 2. The maximum Gasteiger partial charge on any atom is 0.333 e. The number of hydrogen-bond acceptors (Lipinski definition) is 4. The van der Waals surface area contributed by atoms with Gasteiger partial charge in [0.05, 0.1) is 12.8 Å². The number of fused-ring (bicyclic) bond motifs is 1. The Balaban J connectivity index is 1.79. The zero-order chi connectivity index (χ0) is 16.7. The second kappa shape index (κ2) is 5.56. The molecule has 1 atom stereocenters. The van der Waals surface area contributed by atoms with Gasteiger partial charge in [-0.3, -0.25) is 9.69 Å². The normalized spacial score (nSPS) is 22.9. The molecule has 0 bridgehead atoms. The standard InChI is InChI=1S/C18H16N2O3S/c1-23-15-9-7-14(8-10-15)20-16(21)18(13-5-3-2-4-6-13)19(17(20)22)11-12-24-18/h2-10H,11-12H2,1H3. The number of nitrogens with zero attached hydrogens (tertiary/aromatic N) is 2. The molecule has 122 valence electrons. The number of hydrogen-bond donors (Lipinski definition) is 0. The maximum absolute atomic E-state index is 13.3. The zero-order valence-electron chi connectivity index (χ0n) is 13.1. The van der Waals surface area contributed by atoms with Crippen molar-refractivity contribution in [1.29, 1.82) is 0 Å².